The molecule has 0 spiro atoms. The van der Waals surface area contributed by atoms with Gasteiger partial charge in [-0.05, 0) is 26.2 Å². The van der Waals surface area contributed by atoms with Crippen molar-refractivity contribution in [2.24, 2.45) is 0 Å². The van der Waals surface area contributed by atoms with Gasteiger partial charge in [-0.3, -0.25) is 0 Å². The first-order valence-corrected chi connectivity index (χ1v) is 6.46. The van der Waals surface area contributed by atoms with Crippen LogP contribution in [0.2, 0.25) is 0 Å². The largest absolute Gasteiger partial charge is 0.382 e. The summed E-state index contributed by atoms with van der Waals surface area (Å²) in [6.07, 6.45) is 4.40. The minimum absolute atomic E-state index is 0.453. The van der Waals surface area contributed by atoms with Gasteiger partial charge >= 0.3 is 0 Å². The van der Waals surface area contributed by atoms with Crippen LogP contribution in [0.4, 0.5) is 0 Å². The van der Waals surface area contributed by atoms with E-state index >= 15 is 0 Å². The van der Waals surface area contributed by atoms with Crippen molar-refractivity contribution in [1.82, 2.24) is 14.8 Å². The molecule has 1 aliphatic carbocycles. The third-order valence-corrected chi connectivity index (χ3v) is 3.00. The van der Waals surface area contributed by atoms with E-state index in [4.69, 9.17) is 16.3 Å². The molecular weight excluding hydrogens is 226 g/mol. The van der Waals surface area contributed by atoms with Gasteiger partial charge in [0.25, 0.3) is 0 Å². The molecular formula is C11H18ClN3O. The molecule has 90 valence electrons. The van der Waals surface area contributed by atoms with Gasteiger partial charge < -0.3 is 9.30 Å². The van der Waals surface area contributed by atoms with Gasteiger partial charge in [0.1, 0.15) is 11.6 Å². The number of aromatic nitrogens is 3. The Morgan fingerprint density at radius 3 is 2.75 bits per heavy atom. The number of hydrogen-bond donors (Lipinski definition) is 0. The molecule has 0 aromatic carbocycles. The number of nitrogens with zero attached hydrogens (tertiary/aromatic N) is 3. The summed E-state index contributed by atoms with van der Waals surface area (Å²) in [5, 5.41) is 8.35. The van der Waals surface area contributed by atoms with Crippen molar-refractivity contribution in [1.29, 1.82) is 0 Å². The second-order valence-corrected chi connectivity index (χ2v) is 4.34. The van der Waals surface area contributed by atoms with Gasteiger partial charge in [-0.15, -0.1) is 21.8 Å². The molecule has 16 heavy (non-hydrogen) atoms. The lowest BCUT2D eigenvalue weighted by Gasteiger charge is -2.07. The lowest BCUT2D eigenvalue weighted by Crippen LogP contribution is -2.06. The summed E-state index contributed by atoms with van der Waals surface area (Å²) in [6.45, 7) is 3.59. The van der Waals surface area contributed by atoms with E-state index < -0.39 is 0 Å². The van der Waals surface area contributed by atoms with E-state index in [-0.39, 0.29) is 0 Å². The SMILES string of the molecule is CCOCCCc1nnc(CCl)n1C1CC1. The van der Waals surface area contributed by atoms with E-state index in [9.17, 15) is 0 Å². The highest BCUT2D eigenvalue weighted by Crippen LogP contribution is 2.37. The number of aryl methyl sites for hydroxylation is 1. The average molecular weight is 244 g/mol. The molecule has 0 atom stereocenters. The van der Waals surface area contributed by atoms with Crippen LogP contribution in [0.5, 0.6) is 0 Å². The highest BCUT2D eigenvalue weighted by molar-refractivity contribution is 6.16. The van der Waals surface area contributed by atoms with Crippen LogP contribution in [-0.2, 0) is 17.0 Å². The number of halogens is 1. The first kappa shape index (κ1) is 11.9. The Kier molecular flexibility index (Phi) is 4.18. The van der Waals surface area contributed by atoms with Crippen molar-refractivity contribution in [2.75, 3.05) is 13.2 Å². The van der Waals surface area contributed by atoms with Gasteiger partial charge in [0, 0.05) is 25.7 Å². The molecule has 1 aromatic rings. The summed E-state index contributed by atoms with van der Waals surface area (Å²) in [5.41, 5.74) is 0. The standard InChI is InChI=1S/C11H18ClN3O/c1-2-16-7-3-4-10-13-14-11(8-12)15(10)9-5-6-9/h9H,2-8H2,1H3. The molecule has 0 aliphatic heterocycles. The molecule has 0 unspecified atom stereocenters. The fourth-order valence-electron chi connectivity index (χ4n) is 1.85. The van der Waals surface area contributed by atoms with E-state index in [0.717, 1.165) is 37.7 Å². The summed E-state index contributed by atoms with van der Waals surface area (Å²) in [4.78, 5) is 0. The van der Waals surface area contributed by atoms with E-state index in [1.54, 1.807) is 0 Å². The molecule has 5 heteroatoms. The molecule has 1 fully saturated rings. The van der Waals surface area contributed by atoms with Crippen LogP contribution in [0.1, 0.15) is 43.9 Å². The van der Waals surface area contributed by atoms with E-state index in [1.165, 1.54) is 12.8 Å². The number of alkyl halides is 1. The van der Waals surface area contributed by atoms with Crippen LogP contribution in [0.15, 0.2) is 0 Å². The van der Waals surface area contributed by atoms with Crippen molar-refractivity contribution >= 4 is 11.6 Å². The predicted molar refractivity (Wildman–Crippen MR) is 62.7 cm³/mol. The Morgan fingerprint density at radius 2 is 2.12 bits per heavy atom. The quantitative estimate of drug-likeness (QED) is 0.545. The second-order valence-electron chi connectivity index (χ2n) is 4.07. The maximum atomic E-state index is 5.85. The van der Waals surface area contributed by atoms with Crippen molar-refractivity contribution in [3.63, 3.8) is 0 Å². The summed E-state index contributed by atoms with van der Waals surface area (Å²) in [7, 11) is 0. The molecule has 1 heterocycles. The molecule has 0 radical (unpaired) electrons. The Bertz CT molecular complexity index is 336. The summed E-state index contributed by atoms with van der Waals surface area (Å²) in [6, 6.07) is 0.603. The number of rotatable bonds is 7. The van der Waals surface area contributed by atoms with Crippen molar-refractivity contribution in [2.45, 2.75) is 44.5 Å². The van der Waals surface area contributed by atoms with Gasteiger partial charge in [0.15, 0.2) is 0 Å². The zero-order chi connectivity index (χ0) is 11.4. The van der Waals surface area contributed by atoms with Crippen LogP contribution in [-0.4, -0.2) is 28.0 Å². The molecule has 0 N–H and O–H groups in total. The lowest BCUT2D eigenvalue weighted by molar-refractivity contribution is 0.144. The Balaban J connectivity index is 1.94. The molecule has 0 saturated heterocycles. The third kappa shape index (κ3) is 2.74. The fraction of sp³-hybridized carbons (Fsp3) is 0.818. The van der Waals surface area contributed by atoms with Gasteiger partial charge in [-0.2, -0.15) is 0 Å². The predicted octanol–water partition coefficient (Wildman–Crippen LogP) is 2.32. The average Bonchev–Trinajstić information content (AvgIpc) is 3.06. The van der Waals surface area contributed by atoms with Crippen LogP contribution < -0.4 is 0 Å². The van der Waals surface area contributed by atoms with Crippen molar-refractivity contribution < 1.29 is 4.74 Å². The number of ether oxygens (including phenoxy) is 1. The lowest BCUT2D eigenvalue weighted by atomic mass is 10.3. The summed E-state index contributed by atoms with van der Waals surface area (Å²) in [5.74, 6) is 2.43. The minimum Gasteiger partial charge on any atom is -0.382 e. The Labute approximate surface area is 101 Å². The summed E-state index contributed by atoms with van der Waals surface area (Å²) >= 11 is 5.85. The normalized spacial score (nSPS) is 15.6. The highest BCUT2D eigenvalue weighted by Gasteiger charge is 2.28. The minimum atomic E-state index is 0.453. The first-order valence-electron chi connectivity index (χ1n) is 5.93. The van der Waals surface area contributed by atoms with Gasteiger partial charge in [-0.25, -0.2) is 0 Å². The zero-order valence-corrected chi connectivity index (χ0v) is 10.4. The van der Waals surface area contributed by atoms with E-state index in [1.807, 2.05) is 6.92 Å². The molecule has 0 amide bonds. The van der Waals surface area contributed by atoms with Crippen LogP contribution in [0.3, 0.4) is 0 Å². The second kappa shape index (κ2) is 5.64. The maximum absolute atomic E-state index is 5.85. The summed E-state index contributed by atoms with van der Waals surface area (Å²) < 4.78 is 7.54. The Morgan fingerprint density at radius 1 is 1.38 bits per heavy atom. The van der Waals surface area contributed by atoms with Crippen LogP contribution in [0.25, 0.3) is 0 Å². The third-order valence-electron chi connectivity index (χ3n) is 2.76. The molecule has 0 bridgehead atoms. The van der Waals surface area contributed by atoms with E-state index in [0.29, 0.717) is 11.9 Å². The fourth-order valence-corrected chi connectivity index (χ4v) is 2.04. The van der Waals surface area contributed by atoms with Gasteiger partial charge in [0.2, 0.25) is 0 Å². The van der Waals surface area contributed by atoms with Crippen LogP contribution in [0, 0.1) is 0 Å². The van der Waals surface area contributed by atoms with Gasteiger partial charge in [-0.1, -0.05) is 0 Å². The number of hydrogen-bond acceptors (Lipinski definition) is 3. The molecule has 4 nitrogen and oxygen atoms in total. The van der Waals surface area contributed by atoms with Crippen LogP contribution >= 0.6 is 11.6 Å². The highest BCUT2D eigenvalue weighted by atomic mass is 35.5. The van der Waals surface area contributed by atoms with Crippen molar-refractivity contribution in [3.05, 3.63) is 11.6 Å². The molecule has 1 aliphatic rings. The van der Waals surface area contributed by atoms with Gasteiger partial charge in [0.05, 0.1) is 5.88 Å². The smallest absolute Gasteiger partial charge is 0.148 e. The molecule has 2 rings (SSSR count). The molecule has 1 saturated carbocycles. The van der Waals surface area contributed by atoms with Crippen molar-refractivity contribution in [3.8, 4) is 0 Å². The topological polar surface area (TPSA) is 39.9 Å². The zero-order valence-electron chi connectivity index (χ0n) is 9.65. The Hall–Kier alpha value is -0.610. The molecule has 1 aromatic heterocycles. The first-order chi connectivity index (χ1) is 7.86. The monoisotopic (exact) mass is 243 g/mol. The van der Waals surface area contributed by atoms with E-state index in [2.05, 4.69) is 14.8 Å². The maximum Gasteiger partial charge on any atom is 0.148 e.